The van der Waals surface area contributed by atoms with Gasteiger partial charge in [0.15, 0.2) is 0 Å². The second kappa shape index (κ2) is 3.98. The lowest BCUT2D eigenvalue weighted by Gasteiger charge is -2.08. The highest BCUT2D eigenvalue weighted by Gasteiger charge is 2.12. The van der Waals surface area contributed by atoms with Crippen LogP contribution in [0, 0.1) is 0 Å². The Morgan fingerprint density at radius 1 is 0.929 bits per heavy atom. The van der Waals surface area contributed by atoms with Crippen molar-refractivity contribution in [2.45, 2.75) is 4.84 Å². The molecule has 0 saturated carbocycles. The number of hydrogen-bond donors (Lipinski definition) is 0. The second-order valence-corrected chi connectivity index (χ2v) is 4.49. The van der Waals surface area contributed by atoms with Gasteiger partial charge in [0.1, 0.15) is 4.84 Å². The molecule has 0 amide bonds. The molecule has 0 spiro atoms. The smallest absolute Gasteiger partial charge is 0.1000 e. The molecule has 0 unspecified atom stereocenters. The molecule has 2 aromatic carbocycles. The Bertz CT molecular complexity index is 463. The van der Waals surface area contributed by atoms with E-state index in [9.17, 15) is 0 Å². The third kappa shape index (κ3) is 1.70. The summed E-state index contributed by atoms with van der Waals surface area (Å²) in [6.45, 7) is 0. The van der Waals surface area contributed by atoms with Crippen molar-refractivity contribution in [3.63, 3.8) is 0 Å². The standard InChI is InChI=1S/C11H7Cl3/c12-9-6-5-7-3-1-2-4-8(7)10(9)11(13)14/h1-6,11H. The molecule has 0 aliphatic carbocycles. The lowest BCUT2D eigenvalue weighted by molar-refractivity contribution is 1.39. The first kappa shape index (κ1) is 10.1. The van der Waals surface area contributed by atoms with Crippen LogP contribution in [-0.4, -0.2) is 0 Å². The monoisotopic (exact) mass is 244 g/mol. The molecule has 14 heavy (non-hydrogen) atoms. The van der Waals surface area contributed by atoms with Gasteiger partial charge >= 0.3 is 0 Å². The molecule has 0 aromatic heterocycles. The van der Waals surface area contributed by atoms with Crippen LogP contribution in [0.1, 0.15) is 10.4 Å². The minimum absolute atomic E-state index is 0.589. The van der Waals surface area contributed by atoms with Gasteiger partial charge in [0.25, 0.3) is 0 Å². The van der Waals surface area contributed by atoms with E-state index >= 15 is 0 Å². The SMILES string of the molecule is Clc1ccc2ccccc2c1C(Cl)Cl. The van der Waals surface area contributed by atoms with Crippen molar-refractivity contribution in [1.82, 2.24) is 0 Å². The van der Waals surface area contributed by atoms with E-state index in [4.69, 9.17) is 34.8 Å². The van der Waals surface area contributed by atoms with E-state index in [0.717, 1.165) is 16.3 Å². The molecule has 3 heteroatoms. The molecule has 0 nitrogen and oxygen atoms in total. The lowest BCUT2D eigenvalue weighted by atomic mass is 10.1. The summed E-state index contributed by atoms with van der Waals surface area (Å²) in [5.41, 5.74) is 0.785. The average molecular weight is 246 g/mol. The van der Waals surface area contributed by atoms with Crippen molar-refractivity contribution in [3.8, 4) is 0 Å². The maximum absolute atomic E-state index is 6.03. The van der Waals surface area contributed by atoms with E-state index < -0.39 is 4.84 Å². The fraction of sp³-hybridized carbons (Fsp3) is 0.0909. The van der Waals surface area contributed by atoms with Crippen LogP contribution in [0.3, 0.4) is 0 Å². The molecule has 2 aromatic rings. The Balaban J connectivity index is 2.83. The first-order chi connectivity index (χ1) is 6.70. The van der Waals surface area contributed by atoms with Crippen molar-refractivity contribution in [2.24, 2.45) is 0 Å². The summed E-state index contributed by atoms with van der Waals surface area (Å²) in [5, 5.41) is 2.71. The summed E-state index contributed by atoms with van der Waals surface area (Å²) < 4.78 is 0. The quantitative estimate of drug-likeness (QED) is 0.622. The first-order valence-corrected chi connectivity index (χ1v) is 5.40. The zero-order chi connectivity index (χ0) is 10.1. The van der Waals surface area contributed by atoms with Gasteiger partial charge in [-0.05, 0) is 16.8 Å². The highest BCUT2D eigenvalue weighted by Crippen LogP contribution is 2.36. The molecule has 0 atom stereocenters. The molecule has 0 bridgehead atoms. The third-order valence-electron chi connectivity index (χ3n) is 2.14. The summed E-state index contributed by atoms with van der Waals surface area (Å²) in [5.74, 6) is 0. The number of benzene rings is 2. The third-order valence-corrected chi connectivity index (χ3v) is 2.90. The summed E-state index contributed by atoms with van der Waals surface area (Å²) in [6, 6.07) is 11.7. The minimum atomic E-state index is -0.589. The Hall–Kier alpha value is -0.430. The van der Waals surface area contributed by atoms with Gasteiger partial charge in [0.05, 0.1) is 0 Å². The Kier molecular flexibility index (Phi) is 2.87. The van der Waals surface area contributed by atoms with Gasteiger partial charge in [-0.1, -0.05) is 65.1 Å². The Labute approximate surface area is 97.4 Å². The zero-order valence-corrected chi connectivity index (χ0v) is 9.44. The van der Waals surface area contributed by atoms with Gasteiger partial charge in [0, 0.05) is 10.6 Å². The van der Waals surface area contributed by atoms with Gasteiger partial charge in [-0.2, -0.15) is 0 Å². The Morgan fingerprint density at radius 2 is 1.64 bits per heavy atom. The lowest BCUT2D eigenvalue weighted by Crippen LogP contribution is -1.86. The van der Waals surface area contributed by atoms with Crippen LogP contribution in [-0.2, 0) is 0 Å². The summed E-state index contributed by atoms with van der Waals surface area (Å²) in [6.07, 6.45) is 0. The highest BCUT2D eigenvalue weighted by atomic mass is 35.5. The molecular weight excluding hydrogens is 238 g/mol. The maximum atomic E-state index is 6.03. The average Bonchev–Trinajstić information content (AvgIpc) is 2.17. The predicted molar refractivity (Wildman–Crippen MR) is 63.4 cm³/mol. The van der Waals surface area contributed by atoms with E-state index in [0.29, 0.717) is 5.02 Å². The molecule has 0 aliphatic rings. The first-order valence-electron chi connectivity index (χ1n) is 4.15. The van der Waals surface area contributed by atoms with Crippen LogP contribution < -0.4 is 0 Å². The van der Waals surface area contributed by atoms with Gasteiger partial charge in [-0.25, -0.2) is 0 Å². The minimum Gasteiger partial charge on any atom is -0.1000 e. The van der Waals surface area contributed by atoms with Crippen LogP contribution in [0.5, 0.6) is 0 Å². The van der Waals surface area contributed by atoms with Crippen LogP contribution in [0.15, 0.2) is 36.4 Å². The van der Waals surface area contributed by atoms with E-state index in [2.05, 4.69) is 0 Å². The van der Waals surface area contributed by atoms with Crippen molar-refractivity contribution in [3.05, 3.63) is 47.0 Å². The molecule has 0 saturated heterocycles. The number of alkyl halides is 2. The topological polar surface area (TPSA) is 0 Å². The molecule has 0 heterocycles. The van der Waals surface area contributed by atoms with E-state index in [-0.39, 0.29) is 0 Å². The van der Waals surface area contributed by atoms with E-state index in [1.165, 1.54) is 0 Å². The fourth-order valence-electron chi connectivity index (χ4n) is 1.49. The molecule has 72 valence electrons. The Morgan fingerprint density at radius 3 is 2.36 bits per heavy atom. The predicted octanol–water partition coefficient (Wildman–Crippen LogP) is 4.97. The molecule has 0 N–H and O–H groups in total. The molecule has 2 rings (SSSR count). The fourth-order valence-corrected chi connectivity index (χ4v) is 2.35. The molecule has 0 fully saturated rings. The molecular formula is C11H7Cl3. The van der Waals surface area contributed by atoms with Gasteiger partial charge < -0.3 is 0 Å². The molecule has 0 radical (unpaired) electrons. The summed E-state index contributed by atoms with van der Waals surface area (Å²) in [4.78, 5) is -0.589. The van der Waals surface area contributed by atoms with Crippen LogP contribution in [0.2, 0.25) is 5.02 Å². The zero-order valence-electron chi connectivity index (χ0n) is 7.18. The van der Waals surface area contributed by atoms with E-state index in [1.54, 1.807) is 0 Å². The number of halogens is 3. The van der Waals surface area contributed by atoms with Crippen LogP contribution >= 0.6 is 34.8 Å². The second-order valence-electron chi connectivity index (χ2n) is 2.98. The highest BCUT2D eigenvalue weighted by molar-refractivity contribution is 6.46. The summed E-state index contributed by atoms with van der Waals surface area (Å²) >= 11 is 17.8. The van der Waals surface area contributed by atoms with Crippen LogP contribution in [0.4, 0.5) is 0 Å². The van der Waals surface area contributed by atoms with Crippen molar-refractivity contribution in [2.75, 3.05) is 0 Å². The largest absolute Gasteiger partial charge is 0.134 e. The van der Waals surface area contributed by atoms with Crippen LogP contribution in [0.25, 0.3) is 10.8 Å². The van der Waals surface area contributed by atoms with E-state index in [1.807, 2.05) is 36.4 Å². The molecule has 0 aliphatic heterocycles. The number of fused-ring (bicyclic) bond motifs is 1. The number of hydrogen-bond acceptors (Lipinski definition) is 0. The van der Waals surface area contributed by atoms with Crippen molar-refractivity contribution in [1.29, 1.82) is 0 Å². The van der Waals surface area contributed by atoms with Gasteiger partial charge in [0.2, 0.25) is 0 Å². The summed E-state index contributed by atoms with van der Waals surface area (Å²) in [7, 11) is 0. The van der Waals surface area contributed by atoms with Gasteiger partial charge in [-0.3, -0.25) is 0 Å². The van der Waals surface area contributed by atoms with Gasteiger partial charge in [-0.15, -0.1) is 0 Å². The van der Waals surface area contributed by atoms with Crippen molar-refractivity contribution < 1.29 is 0 Å². The number of rotatable bonds is 1. The normalized spacial score (nSPS) is 11.1. The van der Waals surface area contributed by atoms with Crippen molar-refractivity contribution >= 4 is 45.6 Å². The maximum Gasteiger partial charge on any atom is 0.134 e.